The summed E-state index contributed by atoms with van der Waals surface area (Å²) in [5.41, 5.74) is 2.39. The van der Waals surface area contributed by atoms with Gasteiger partial charge in [0.2, 0.25) is 0 Å². The van der Waals surface area contributed by atoms with Crippen LogP contribution in [0.4, 0.5) is 0 Å². The van der Waals surface area contributed by atoms with Crippen molar-refractivity contribution in [3.8, 4) is 5.69 Å². The van der Waals surface area contributed by atoms with Crippen LogP contribution in [0.3, 0.4) is 0 Å². The van der Waals surface area contributed by atoms with Gasteiger partial charge in [-0.3, -0.25) is 0 Å². The van der Waals surface area contributed by atoms with Crippen molar-refractivity contribution < 1.29 is 9.53 Å². The number of imidazole rings is 1. The monoisotopic (exact) mass is 431 g/mol. The van der Waals surface area contributed by atoms with E-state index in [0.29, 0.717) is 22.2 Å². The fourth-order valence-electron chi connectivity index (χ4n) is 2.42. The molecule has 26 heavy (non-hydrogen) atoms. The molecule has 0 saturated heterocycles. The summed E-state index contributed by atoms with van der Waals surface area (Å²) in [6.07, 6.45) is 3.48. The van der Waals surface area contributed by atoms with Crippen LogP contribution in [-0.2, 0) is 11.3 Å². The highest BCUT2D eigenvalue weighted by molar-refractivity contribution is 9.10. The lowest BCUT2D eigenvalue weighted by molar-refractivity contribution is 0.0463. The summed E-state index contributed by atoms with van der Waals surface area (Å²) in [4.78, 5) is 23.7. The third-order valence-electron chi connectivity index (χ3n) is 3.60. The lowest BCUT2D eigenvalue weighted by Gasteiger charge is -2.05. The van der Waals surface area contributed by atoms with E-state index in [1.165, 1.54) is 0 Å². The maximum atomic E-state index is 12.3. The fourth-order valence-corrected chi connectivity index (χ4v) is 2.85. The summed E-state index contributed by atoms with van der Waals surface area (Å²) in [5, 5.41) is 4.55. The molecule has 7 nitrogen and oxygen atoms in total. The Balaban J connectivity index is 1.49. The smallest absolute Gasteiger partial charge is 0.338 e. The van der Waals surface area contributed by atoms with Gasteiger partial charge < -0.3 is 9.72 Å². The van der Waals surface area contributed by atoms with E-state index in [9.17, 15) is 4.79 Å². The van der Waals surface area contributed by atoms with Gasteiger partial charge in [-0.2, -0.15) is 5.10 Å². The van der Waals surface area contributed by atoms with E-state index in [1.807, 2.05) is 6.07 Å². The standard InChI is InChI=1S/C17H11BrClN5O2/c18-11-7-20-24(8-11)12-3-1-2-10(6-12)17(25)26-9-15-21-13-4-5-14(19)22-16(13)23-15/h1-8H,9H2,(H,21,22,23). The number of carbonyl (C=O) groups excluding carboxylic acids is 1. The molecule has 0 amide bonds. The van der Waals surface area contributed by atoms with Crippen molar-refractivity contribution >= 4 is 44.7 Å². The Bertz CT molecular complexity index is 1110. The number of esters is 1. The minimum absolute atomic E-state index is 0.00432. The average Bonchev–Trinajstić information content (AvgIpc) is 3.25. The third-order valence-corrected chi connectivity index (χ3v) is 4.22. The van der Waals surface area contributed by atoms with E-state index >= 15 is 0 Å². The van der Waals surface area contributed by atoms with Crippen molar-refractivity contribution in [1.82, 2.24) is 24.7 Å². The zero-order valence-electron chi connectivity index (χ0n) is 13.2. The summed E-state index contributed by atoms with van der Waals surface area (Å²) < 4.78 is 7.85. The van der Waals surface area contributed by atoms with Gasteiger partial charge in [0.25, 0.3) is 0 Å². The number of carbonyl (C=O) groups is 1. The van der Waals surface area contributed by atoms with Crippen molar-refractivity contribution in [3.05, 3.63) is 69.8 Å². The van der Waals surface area contributed by atoms with E-state index in [-0.39, 0.29) is 6.61 Å². The van der Waals surface area contributed by atoms with Crippen molar-refractivity contribution in [3.63, 3.8) is 0 Å². The van der Waals surface area contributed by atoms with Gasteiger partial charge in [-0.1, -0.05) is 17.7 Å². The molecule has 0 bridgehead atoms. The fraction of sp³-hybridized carbons (Fsp3) is 0.0588. The molecule has 0 aliphatic rings. The minimum atomic E-state index is -0.454. The number of aromatic amines is 1. The molecule has 1 aromatic carbocycles. The topological polar surface area (TPSA) is 85.7 Å². The first kappa shape index (κ1) is 16.7. The van der Waals surface area contributed by atoms with Crippen molar-refractivity contribution in [1.29, 1.82) is 0 Å². The van der Waals surface area contributed by atoms with Crippen molar-refractivity contribution in [2.75, 3.05) is 0 Å². The molecule has 3 heterocycles. The SMILES string of the molecule is O=C(OCc1nc2nc(Cl)ccc2[nH]1)c1cccc(-n2cc(Br)cn2)c1. The Labute approximate surface area is 161 Å². The lowest BCUT2D eigenvalue weighted by Crippen LogP contribution is -2.07. The summed E-state index contributed by atoms with van der Waals surface area (Å²) in [5.74, 6) is 0.0415. The molecule has 3 aromatic heterocycles. The molecule has 0 atom stereocenters. The number of aromatic nitrogens is 5. The van der Waals surface area contributed by atoms with E-state index < -0.39 is 5.97 Å². The van der Waals surface area contributed by atoms with Crippen molar-refractivity contribution in [2.24, 2.45) is 0 Å². The second-order valence-electron chi connectivity index (χ2n) is 5.42. The predicted octanol–water partition coefficient (Wildman–Crippen LogP) is 3.92. The number of hydrogen-bond acceptors (Lipinski definition) is 5. The lowest BCUT2D eigenvalue weighted by atomic mass is 10.2. The first-order chi connectivity index (χ1) is 12.6. The molecule has 0 saturated carbocycles. The number of hydrogen-bond donors (Lipinski definition) is 1. The molecule has 1 N–H and O–H groups in total. The predicted molar refractivity (Wildman–Crippen MR) is 99.3 cm³/mol. The van der Waals surface area contributed by atoms with Crippen LogP contribution in [0.15, 0.2) is 53.3 Å². The van der Waals surface area contributed by atoms with Crippen LogP contribution in [-0.4, -0.2) is 30.7 Å². The van der Waals surface area contributed by atoms with Gasteiger partial charge in [-0.15, -0.1) is 0 Å². The zero-order valence-corrected chi connectivity index (χ0v) is 15.5. The quantitative estimate of drug-likeness (QED) is 0.390. The van der Waals surface area contributed by atoms with Crippen LogP contribution < -0.4 is 0 Å². The number of benzene rings is 1. The van der Waals surface area contributed by atoms with E-state index in [4.69, 9.17) is 16.3 Å². The van der Waals surface area contributed by atoms with Gasteiger partial charge in [-0.05, 0) is 46.3 Å². The highest BCUT2D eigenvalue weighted by atomic mass is 79.9. The summed E-state index contributed by atoms with van der Waals surface area (Å²) in [6, 6.07) is 10.5. The van der Waals surface area contributed by atoms with Crippen LogP contribution >= 0.6 is 27.5 Å². The largest absolute Gasteiger partial charge is 0.454 e. The molecule has 4 aromatic rings. The van der Waals surface area contributed by atoms with Gasteiger partial charge in [0.1, 0.15) is 17.6 Å². The van der Waals surface area contributed by atoms with Gasteiger partial charge in [0.05, 0.1) is 27.4 Å². The molecule has 0 spiro atoms. The summed E-state index contributed by atoms with van der Waals surface area (Å²) >= 11 is 9.19. The molecule has 0 fully saturated rings. The van der Waals surface area contributed by atoms with Crippen LogP contribution in [0.25, 0.3) is 16.9 Å². The number of pyridine rings is 1. The maximum Gasteiger partial charge on any atom is 0.338 e. The van der Waals surface area contributed by atoms with Gasteiger partial charge in [-0.25, -0.2) is 19.4 Å². The van der Waals surface area contributed by atoms with E-state index in [2.05, 4.69) is 36.0 Å². The van der Waals surface area contributed by atoms with Crippen molar-refractivity contribution in [2.45, 2.75) is 6.61 Å². The average molecular weight is 433 g/mol. The second-order valence-corrected chi connectivity index (χ2v) is 6.72. The Morgan fingerprint density at radius 3 is 2.96 bits per heavy atom. The normalized spacial score (nSPS) is 11.0. The molecular weight excluding hydrogens is 422 g/mol. The molecule has 0 aliphatic carbocycles. The molecule has 0 aliphatic heterocycles. The number of rotatable bonds is 4. The third kappa shape index (κ3) is 3.47. The Kier molecular flexibility index (Phi) is 4.44. The molecule has 0 unspecified atom stereocenters. The molecule has 9 heteroatoms. The van der Waals surface area contributed by atoms with E-state index in [1.54, 1.807) is 47.4 Å². The number of H-pyrrole nitrogens is 1. The van der Waals surface area contributed by atoms with Crippen LogP contribution in [0.2, 0.25) is 5.15 Å². The Morgan fingerprint density at radius 2 is 2.15 bits per heavy atom. The first-order valence-electron chi connectivity index (χ1n) is 7.57. The first-order valence-corrected chi connectivity index (χ1v) is 8.74. The number of nitrogens with zero attached hydrogens (tertiary/aromatic N) is 4. The second kappa shape index (κ2) is 6.89. The summed E-state index contributed by atoms with van der Waals surface area (Å²) in [6.45, 7) is 0.00432. The van der Waals surface area contributed by atoms with Crippen LogP contribution in [0, 0.1) is 0 Å². The Morgan fingerprint density at radius 1 is 1.27 bits per heavy atom. The molecule has 4 rings (SSSR count). The minimum Gasteiger partial charge on any atom is -0.454 e. The number of halogens is 2. The maximum absolute atomic E-state index is 12.3. The van der Waals surface area contributed by atoms with Gasteiger partial charge in [0.15, 0.2) is 5.65 Å². The zero-order chi connectivity index (χ0) is 18.1. The van der Waals surface area contributed by atoms with Gasteiger partial charge >= 0.3 is 5.97 Å². The molecule has 130 valence electrons. The highest BCUT2D eigenvalue weighted by Gasteiger charge is 2.11. The van der Waals surface area contributed by atoms with Crippen LogP contribution in [0.1, 0.15) is 16.2 Å². The molecular formula is C17H11BrClN5O2. The molecule has 0 radical (unpaired) electrons. The highest BCUT2D eigenvalue weighted by Crippen LogP contribution is 2.16. The Hall–Kier alpha value is -2.71. The number of ether oxygens (including phenoxy) is 1. The van der Waals surface area contributed by atoms with Crippen LogP contribution in [0.5, 0.6) is 0 Å². The summed E-state index contributed by atoms with van der Waals surface area (Å²) in [7, 11) is 0. The number of fused-ring (bicyclic) bond motifs is 1. The van der Waals surface area contributed by atoms with E-state index in [0.717, 1.165) is 15.7 Å². The number of nitrogens with one attached hydrogen (secondary N) is 1. The van der Waals surface area contributed by atoms with Gasteiger partial charge in [0, 0.05) is 6.20 Å².